The molecule has 2 aliphatic rings. The zero-order valence-electron chi connectivity index (χ0n) is 14.8. The van der Waals surface area contributed by atoms with Crippen LogP contribution in [0.15, 0.2) is 30.3 Å². The molecule has 132 valence electrons. The predicted molar refractivity (Wildman–Crippen MR) is 97.7 cm³/mol. The molecule has 2 unspecified atom stereocenters. The first-order chi connectivity index (χ1) is 11.6. The van der Waals surface area contributed by atoms with Gasteiger partial charge in [-0.25, -0.2) is 0 Å². The van der Waals surface area contributed by atoms with E-state index in [4.69, 9.17) is 5.73 Å². The van der Waals surface area contributed by atoms with E-state index in [-0.39, 0.29) is 11.9 Å². The molecule has 1 saturated carbocycles. The van der Waals surface area contributed by atoms with Gasteiger partial charge in [0.25, 0.3) is 0 Å². The van der Waals surface area contributed by atoms with E-state index >= 15 is 0 Å². The lowest BCUT2D eigenvalue weighted by Gasteiger charge is -2.43. The maximum absolute atomic E-state index is 13.0. The third-order valence-corrected chi connectivity index (χ3v) is 6.08. The van der Waals surface area contributed by atoms with Gasteiger partial charge in [-0.15, -0.1) is 0 Å². The van der Waals surface area contributed by atoms with Crippen molar-refractivity contribution in [3.05, 3.63) is 35.9 Å². The highest BCUT2D eigenvalue weighted by Crippen LogP contribution is 2.45. The summed E-state index contributed by atoms with van der Waals surface area (Å²) in [6.07, 6.45) is 6.56. The van der Waals surface area contributed by atoms with E-state index in [2.05, 4.69) is 29.3 Å². The monoisotopic (exact) mass is 329 g/mol. The first-order valence-electron chi connectivity index (χ1n) is 9.46. The number of hydrogen-bond donors (Lipinski definition) is 2. The second kappa shape index (κ2) is 7.66. The van der Waals surface area contributed by atoms with Crippen LogP contribution in [-0.4, -0.2) is 42.5 Å². The fourth-order valence-electron chi connectivity index (χ4n) is 4.52. The van der Waals surface area contributed by atoms with Crippen molar-refractivity contribution in [1.29, 1.82) is 0 Å². The van der Waals surface area contributed by atoms with Crippen molar-refractivity contribution in [3.63, 3.8) is 0 Å². The Kier molecular flexibility index (Phi) is 5.57. The number of likely N-dealkylation sites (tertiary alicyclic amines) is 1. The lowest BCUT2D eigenvalue weighted by molar-refractivity contribution is -0.135. The van der Waals surface area contributed by atoms with Gasteiger partial charge >= 0.3 is 0 Å². The molecule has 24 heavy (non-hydrogen) atoms. The summed E-state index contributed by atoms with van der Waals surface area (Å²) in [5.74, 6) is 0.252. The zero-order valence-corrected chi connectivity index (χ0v) is 14.8. The van der Waals surface area contributed by atoms with E-state index in [1.165, 1.54) is 18.4 Å². The van der Waals surface area contributed by atoms with Gasteiger partial charge < -0.3 is 16.0 Å². The number of likely N-dealkylation sites (N-methyl/N-ethyl adjacent to an activating group) is 1. The summed E-state index contributed by atoms with van der Waals surface area (Å²) in [5.41, 5.74) is 7.88. The molecule has 1 heterocycles. The van der Waals surface area contributed by atoms with E-state index in [9.17, 15) is 4.79 Å². The highest BCUT2D eigenvalue weighted by molar-refractivity contribution is 5.82. The SMILES string of the molecule is CCNC(Cc1ccccc1)C(=O)N1CCC2(CCCC2N)CC1. The van der Waals surface area contributed by atoms with Gasteiger partial charge in [0.05, 0.1) is 6.04 Å². The minimum Gasteiger partial charge on any atom is -0.341 e. The second-order valence-electron chi connectivity index (χ2n) is 7.49. The number of nitrogens with zero attached hydrogens (tertiary/aromatic N) is 1. The molecule has 0 radical (unpaired) electrons. The van der Waals surface area contributed by atoms with Crippen LogP contribution in [0.5, 0.6) is 0 Å². The Balaban J connectivity index is 1.61. The minimum absolute atomic E-state index is 0.122. The third-order valence-electron chi connectivity index (χ3n) is 6.08. The van der Waals surface area contributed by atoms with Crippen molar-refractivity contribution in [1.82, 2.24) is 10.2 Å². The van der Waals surface area contributed by atoms with Gasteiger partial charge in [-0.3, -0.25) is 4.79 Å². The molecule has 4 nitrogen and oxygen atoms in total. The van der Waals surface area contributed by atoms with Crippen molar-refractivity contribution in [3.8, 4) is 0 Å². The van der Waals surface area contributed by atoms with Crippen LogP contribution in [0.3, 0.4) is 0 Å². The van der Waals surface area contributed by atoms with Gasteiger partial charge in [-0.2, -0.15) is 0 Å². The van der Waals surface area contributed by atoms with Crippen LogP contribution in [0.2, 0.25) is 0 Å². The number of benzene rings is 1. The third kappa shape index (κ3) is 3.65. The van der Waals surface area contributed by atoms with Gasteiger partial charge in [-0.1, -0.05) is 43.7 Å². The molecule has 1 aromatic carbocycles. The molecule has 1 saturated heterocycles. The summed E-state index contributed by atoms with van der Waals surface area (Å²) in [6, 6.07) is 10.5. The average molecular weight is 329 g/mol. The molecule has 0 aromatic heterocycles. The summed E-state index contributed by atoms with van der Waals surface area (Å²) >= 11 is 0. The molecular formula is C20H31N3O. The van der Waals surface area contributed by atoms with Crippen LogP contribution in [0, 0.1) is 5.41 Å². The number of nitrogens with two attached hydrogens (primary N) is 1. The Labute approximate surface area is 145 Å². The number of nitrogens with one attached hydrogen (secondary N) is 1. The molecule has 3 N–H and O–H groups in total. The molecular weight excluding hydrogens is 298 g/mol. The van der Waals surface area contributed by atoms with E-state index in [1.54, 1.807) is 0 Å². The first-order valence-corrected chi connectivity index (χ1v) is 9.46. The fraction of sp³-hybridized carbons (Fsp3) is 0.650. The number of piperidine rings is 1. The van der Waals surface area contributed by atoms with Gasteiger partial charge in [-0.05, 0) is 49.6 Å². The first kappa shape index (κ1) is 17.4. The molecule has 3 rings (SSSR count). The smallest absolute Gasteiger partial charge is 0.240 e. The molecule has 1 aliphatic carbocycles. The van der Waals surface area contributed by atoms with Crippen molar-refractivity contribution in [2.75, 3.05) is 19.6 Å². The quantitative estimate of drug-likeness (QED) is 0.872. The molecule has 2 atom stereocenters. The van der Waals surface area contributed by atoms with Gasteiger partial charge in [0.2, 0.25) is 5.91 Å². The minimum atomic E-state index is -0.122. The lowest BCUT2D eigenvalue weighted by atomic mass is 9.74. The standard InChI is InChI=1S/C20H31N3O/c1-2-22-17(15-16-7-4-3-5-8-16)19(24)23-13-11-20(12-14-23)10-6-9-18(20)21/h3-5,7-8,17-18,22H,2,6,9-15,21H2,1H3. The maximum Gasteiger partial charge on any atom is 0.240 e. The molecule has 4 heteroatoms. The molecule has 1 aromatic rings. The number of rotatable bonds is 5. The summed E-state index contributed by atoms with van der Waals surface area (Å²) in [7, 11) is 0. The van der Waals surface area contributed by atoms with Crippen LogP contribution >= 0.6 is 0 Å². The van der Waals surface area contributed by atoms with Gasteiger partial charge in [0.1, 0.15) is 0 Å². The highest BCUT2D eigenvalue weighted by atomic mass is 16.2. The molecule has 0 bridgehead atoms. The Bertz CT molecular complexity index is 537. The van der Waals surface area contributed by atoms with E-state index < -0.39 is 0 Å². The maximum atomic E-state index is 13.0. The van der Waals surface area contributed by atoms with Crippen LogP contribution < -0.4 is 11.1 Å². The van der Waals surface area contributed by atoms with Crippen LogP contribution in [0.4, 0.5) is 0 Å². The second-order valence-corrected chi connectivity index (χ2v) is 7.49. The Hall–Kier alpha value is -1.39. The van der Waals surface area contributed by atoms with Crippen molar-refractivity contribution >= 4 is 5.91 Å². The summed E-state index contributed by atoms with van der Waals surface area (Å²) in [5, 5.41) is 3.38. The average Bonchev–Trinajstić information content (AvgIpc) is 2.96. The summed E-state index contributed by atoms with van der Waals surface area (Å²) < 4.78 is 0. The van der Waals surface area contributed by atoms with E-state index in [0.717, 1.165) is 45.3 Å². The fourth-order valence-corrected chi connectivity index (χ4v) is 4.52. The molecule has 2 fully saturated rings. The van der Waals surface area contributed by atoms with Gasteiger partial charge in [0.15, 0.2) is 0 Å². The van der Waals surface area contributed by atoms with Crippen molar-refractivity contribution in [2.45, 2.75) is 57.5 Å². The molecule has 1 aliphatic heterocycles. The predicted octanol–water partition coefficient (Wildman–Crippen LogP) is 2.33. The molecule has 1 amide bonds. The van der Waals surface area contributed by atoms with E-state index in [1.807, 2.05) is 18.2 Å². The van der Waals surface area contributed by atoms with Crippen LogP contribution in [-0.2, 0) is 11.2 Å². The largest absolute Gasteiger partial charge is 0.341 e. The number of hydrogen-bond acceptors (Lipinski definition) is 3. The number of carbonyl (C=O) groups is 1. The highest BCUT2D eigenvalue weighted by Gasteiger charge is 2.44. The van der Waals surface area contributed by atoms with Crippen molar-refractivity contribution in [2.24, 2.45) is 11.1 Å². The zero-order chi connectivity index (χ0) is 17.0. The number of carbonyl (C=O) groups excluding carboxylic acids is 1. The Morgan fingerprint density at radius 3 is 2.58 bits per heavy atom. The van der Waals surface area contributed by atoms with E-state index in [0.29, 0.717) is 11.5 Å². The van der Waals surface area contributed by atoms with Crippen molar-refractivity contribution < 1.29 is 4.79 Å². The number of amides is 1. The normalized spacial score (nSPS) is 24.2. The Morgan fingerprint density at radius 2 is 2.00 bits per heavy atom. The Morgan fingerprint density at radius 1 is 1.29 bits per heavy atom. The van der Waals surface area contributed by atoms with Crippen LogP contribution in [0.1, 0.15) is 44.6 Å². The lowest BCUT2D eigenvalue weighted by Crippen LogP contribution is -2.53. The summed E-state index contributed by atoms with van der Waals surface area (Å²) in [4.78, 5) is 15.1. The molecule has 1 spiro atoms. The van der Waals surface area contributed by atoms with Crippen LogP contribution in [0.25, 0.3) is 0 Å². The summed E-state index contributed by atoms with van der Waals surface area (Å²) in [6.45, 7) is 4.60. The topological polar surface area (TPSA) is 58.4 Å². The van der Waals surface area contributed by atoms with Gasteiger partial charge in [0, 0.05) is 19.1 Å².